The molecular formula is C14H18N2O2. The first-order valence-corrected chi connectivity index (χ1v) is 6.05. The molecule has 96 valence electrons. The molecule has 1 aromatic rings. The molecule has 0 spiro atoms. The highest BCUT2D eigenvalue weighted by Gasteiger charge is 2.35. The van der Waals surface area contributed by atoms with Crippen LogP contribution in [0.5, 0.6) is 0 Å². The topological polar surface area (TPSA) is 61.4 Å². The number of amides is 2. The number of aliphatic hydroxyl groups is 1. The van der Waals surface area contributed by atoms with E-state index in [1.807, 2.05) is 24.3 Å². The zero-order valence-electron chi connectivity index (χ0n) is 10.3. The van der Waals surface area contributed by atoms with Crippen LogP contribution in [0.3, 0.4) is 0 Å². The van der Waals surface area contributed by atoms with Gasteiger partial charge in [-0.3, -0.25) is 0 Å². The summed E-state index contributed by atoms with van der Waals surface area (Å²) in [6.45, 7) is 4.19. The molecule has 0 saturated heterocycles. The Morgan fingerprint density at radius 3 is 2.50 bits per heavy atom. The van der Waals surface area contributed by atoms with Crippen molar-refractivity contribution in [3.8, 4) is 0 Å². The van der Waals surface area contributed by atoms with Crippen LogP contribution in [0.25, 0.3) is 0 Å². The molecule has 4 nitrogen and oxygen atoms in total. The molecule has 4 heteroatoms. The minimum atomic E-state index is -0.866. The van der Waals surface area contributed by atoms with Gasteiger partial charge in [0.15, 0.2) is 0 Å². The summed E-state index contributed by atoms with van der Waals surface area (Å²) in [5.74, 6) is 0. The van der Waals surface area contributed by atoms with E-state index >= 15 is 0 Å². The second-order valence-electron chi connectivity index (χ2n) is 4.70. The molecule has 18 heavy (non-hydrogen) atoms. The van der Waals surface area contributed by atoms with Gasteiger partial charge in [0.05, 0.1) is 5.60 Å². The van der Waals surface area contributed by atoms with E-state index in [2.05, 4.69) is 17.2 Å². The van der Waals surface area contributed by atoms with Gasteiger partial charge in [0.1, 0.15) is 0 Å². The number of benzene rings is 1. The van der Waals surface area contributed by atoms with E-state index in [1.54, 1.807) is 6.08 Å². The minimum Gasteiger partial charge on any atom is -0.387 e. The summed E-state index contributed by atoms with van der Waals surface area (Å²) in [4.78, 5) is 11.4. The smallest absolute Gasteiger partial charge is 0.315 e. The van der Waals surface area contributed by atoms with E-state index in [9.17, 15) is 9.90 Å². The van der Waals surface area contributed by atoms with Crippen LogP contribution in [0.2, 0.25) is 0 Å². The Bertz CT molecular complexity index is 432. The van der Waals surface area contributed by atoms with Crippen molar-refractivity contribution in [1.29, 1.82) is 0 Å². The summed E-state index contributed by atoms with van der Waals surface area (Å²) < 4.78 is 0. The van der Waals surface area contributed by atoms with Crippen molar-refractivity contribution >= 4 is 6.03 Å². The third kappa shape index (κ3) is 2.90. The second kappa shape index (κ2) is 5.23. The molecule has 0 saturated carbocycles. The first kappa shape index (κ1) is 12.6. The van der Waals surface area contributed by atoms with E-state index in [4.69, 9.17) is 0 Å². The Kier molecular flexibility index (Phi) is 3.67. The molecule has 0 atom stereocenters. The van der Waals surface area contributed by atoms with E-state index < -0.39 is 5.60 Å². The number of urea groups is 1. The van der Waals surface area contributed by atoms with Crippen molar-refractivity contribution in [2.75, 3.05) is 13.1 Å². The third-order valence-electron chi connectivity index (χ3n) is 3.14. The highest BCUT2D eigenvalue weighted by Crippen LogP contribution is 2.29. The number of rotatable bonds is 4. The third-order valence-corrected chi connectivity index (χ3v) is 3.14. The van der Waals surface area contributed by atoms with Crippen LogP contribution in [0.15, 0.2) is 36.9 Å². The second-order valence-corrected chi connectivity index (χ2v) is 4.70. The molecule has 0 bridgehead atoms. The molecule has 0 heterocycles. The molecule has 1 aliphatic carbocycles. The molecule has 3 N–H and O–H groups in total. The predicted molar refractivity (Wildman–Crippen MR) is 70.4 cm³/mol. The molecule has 0 radical (unpaired) electrons. The van der Waals surface area contributed by atoms with Gasteiger partial charge in [-0.1, -0.05) is 30.3 Å². The Labute approximate surface area is 107 Å². The first-order chi connectivity index (χ1) is 8.63. The number of carbonyl (C=O) groups is 1. The molecule has 2 amide bonds. The van der Waals surface area contributed by atoms with E-state index in [0.717, 1.165) is 11.1 Å². The Morgan fingerprint density at radius 1 is 1.33 bits per heavy atom. The van der Waals surface area contributed by atoms with E-state index in [1.165, 1.54) is 0 Å². The number of fused-ring (bicyclic) bond motifs is 1. The maximum atomic E-state index is 11.4. The maximum Gasteiger partial charge on any atom is 0.315 e. The van der Waals surface area contributed by atoms with Gasteiger partial charge in [-0.2, -0.15) is 0 Å². The maximum absolute atomic E-state index is 11.4. The van der Waals surface area contributed by atoms with Crippen LogP contribution < -0.4 is 10.6 Å². The van der Waals surface area contributed by atoms with Crippen LogP contribution in [-0.4, -0.2) is 29.8 Å². The van der Waals surface area contributed by atoms with Crippen LogP contribution in [0, 0.1) is 0 Å². The van der Waals surface area contributed by atoms with Gasteiger partial charge in [0, 0.05) is 25.9 Å². The average Bonchev–Trinajstić information content (AvgIpc) is 2.70. The molecule has 2 rings (SSSR count). The SMILES string of the molecule is C=CCNC(=O)NCC1(O)Cc2ccccc2C1. The van der Waals surface area contributed by atoms with Gasteiger partial charge < -0.3 is 15.7 Å². The lowest BCUT2D eigenvalue weighted by Gasteiger charge is -2.22. The molecule has 0 aromatic heterocycles. The quantitative estimate of drug-likeness (QED) is 0.694. The van der Waals surface area contributed by atoms with Gasteiger partial charge >= 0.3 is 6.03 Å². The van der Waals surface area contributed by atoms with Crippen molar-refractivity contribution in [3.05, 3.63) is 48.0 Å². The molecule has 0 fully saturated rings. The number of carbonyl (C=O) groups excluding carboxylic acids is 1. The van der Waals surface area contributed by atoms with E-state index in [-0.39, 0.29) is 12.6 Å². The molecule has 1 aromatic carbocycles. The van der Waals surface area contributed by atoms with Gasteiger partial charge in [-0.25, -0.2) is 4.79 Å². The van der Waals surface area contributed by atoms with Crippen LogP contribution >= 0.6 is 0 Å². The lowest BCUT2D eigenvalue weighted by Crippen LogP contribution is -2.47. The lowest BCUT2D eigenvalue weighted by atomic mass is 10.0. The largest absolute Gasteiger partial charge is 0.387 e. The standard InChI is InChI=1S/C14H18N2O2/c1-2-7-15-13(17)16-10-14(18)8-11-5-3-4-6-12(11)9-14/h2-6,18H,1,7-10H2,(H2,15,16,17). The summed E-state index contributed by atoms with van der Waals surface area (Å²) in [5, 5.41) is 15.7. The fourth-order valence-electron chi connectivity index (χ4n) is 2.27. The Hall–Kier alpha value is -1.81. The highest BCUT2D eigenvalue weighted by molar-refractivity contribution is 5.74. The van der Waals surface area contributed by atoms with Crippen LogP contribution in [0.4, 0.5) is 4.79 Å². The zero-order chi connectivity index (χ0) is 13.0. The fourth-order valence-corrected chi connectivity index (χ4v) is 2.27. The van der Waals surface area contributed by atoms with Gasteiger partial charge in [0.25, 0.3) is 0 Å². The van der Waals surface area contributed by atoms with Crippen molar-refractivity contribution < 1.29 is 9.90 Å². The normalized spacial score (nSPS) is 15.8. The highest BCUT2D eigenvalue weighted by atomic mass is 16.3. The van der Waals surface area contributed by atoms with E-state index in [0.29, 0.717) is 19.4 Å². The Balaban J connectivity index is 1.88. The number of hydrogen-bond acceptors (Lipinski definition) is 2. The van der Waals surface area contributed by atoms with Gasteiger partial charge in [-0.05, 0) is 11.1 Å². The number of hydrogen-bond donors (Lipinski definition) is 3. The van der Waals surface area contributed by atoms with Crippen molar-refractivity contribution in [1.82, 2.24) is 10.6 Å². The van der Waals surface area contributed by atoms with Crippen LogP contribution in [-0.2, 0) is 12.8 Å². The Morgan fingerprint density at radius 2 is 1.94 bits per heavy atom. The number of nitrogens with one attached hydrogen (secondary N) is 2. The summed E-state index contributed by atoms with van der Waals surface area (Å²) in [6.07, 6.45) is 2.79. The average molecular weight is 246 g/mol. The monoisotopic (exact) mass is 246 g/mol. The first-order valence-electron chi connectivity index (χ1n) is 6.05. The van der Waals surface area contributed by atoms with Crippen molar-refractivity contribution in [2.45, 2.75) is 18.4 Å². The fraction of sp³-hybridized carbons (Fsp3) is 0.357. The van der Waals surface area contributed by atoms with Crippen molar-refractivity contribution in [3.63, 3.8) is 0 Å². The predicted octanol–water partition coefficient (Wildman–Crippen LogP) is 1.00. The molecular weight excluding hydrogens is 228 g/mol. The minimum absolute atomic E-state index is 0.255. The summed E-state index contributed by atoms with van der Waals surface area (Å²) in [6, 6.07) is 7.69. The van der Waals surface area contributed by atoms with Gasteiger partial charge in [0.2, 0.25) is 0 Å². The molecule has 0 aliphatic heterocycles. The zero-order valence-corrected chi connectivity index (χ0v) is 10.3. The molecule has 1 aliphatic rings. The summed E-state index contributed by atoms with van der Waals surface area (Å²) >= 11 is 0. The summed E-state index contributed by atoms with van der Waals surface area (Å²) in [5.41, 5.74) is 1.46. The van der Waals surface area contributed by atoms with Gasteiger partial charge in [-0.15, -0.1) is 6.58 Å². The molecule has 0 unspecified atom stereocenters. The van der Waals surface area contributed by atoms with Crippen LogP contribution in [0.1, 0.15) is 11.1 Å². The van der Waals surface area contributed by atoms with Crippen molar-refractivity contribution in [2.24, 2.45) is 0 Å². The summed E-state index contributed by atoms with van der Waals surface area (Å²) in [7, 11) is 0. The lowest BCUT2D eigenvalue weighted by molar-refractivity contribution is 0.0537.